The molecule has 1 aromatic rings. The third-order valence-electron chi connectivity index (χ3n) is 5.17. The molecule has 2 aliphatic heterocycles. The van der Waals surface area contributed by atoms with Crippen molar-refractivity contribution in [2.75, 3.05) is 19.9 Å². The Hall–Kier alpha value is -0.930. The van der Waals surface area contributed by atoms with E-state index in [2.05, 4.69) is 24.0 Å². The van der Waals surface area contributed by atoms with Crippen molar-refractivity contribution < 1.29 is 9.47 Å². The van der Waals surface area contributed by atoms with Crippen LogP contribution in [0.5, 0.6) is 11.5 Å². The minimum absolute atomic E-state index is 0. The van der Waals surface area contributed by atoms with Gasteiger partial charge in [-0.2, -0.15) is 0 Å². The Morgan fingerprint density at radius 2 is 2.14 bits per heavy atom. The van der Waals surface area contributed by atoms with Crippen LogP contribution in [0.4, 0.5) is 0 Å². The molecule has 1 aliphatic carbocycles. The van der Waals surface area contributed by atoms with Crippen molar-refractivity contribution in [1.82, 2.24) is 4.90 Å². The lowest BCUT2D eigenvalue weighted by Crippen LogP contribution is -2.46. The lowest BCUT2D eigenvalue weighted by Gasteiger charge is -2.45. The van der Waals surface area contributed by atoms with Crippen LogP contribution in [0.3, 0.4) is 0 Å². The zero-order chi connectivity index (χ0) is 13.5. The molecule has 3 nitrogen and oxygen atoms in total. The second kappa shape index (κ2) is 6.05. The Balaban J connectivity index is 0.00000132. The summed E-state index contributed by atoms with van der Waals surface area (Å²) < 4.78 is 11.2. The van der Waals surface area contributed by atoms with Gasteiger partial charge in [-0.15, -0.1) is 12.4 Å². The van der Waals surface area contributed by atoms with Gasteiger partial charge in [0.25, 0.3) is 0 Å². The number of halogens is 1. The molecule has 3 aliphatic rings. The van der Waals surface area contributed by atoms with Crippen LogP contribution in [0.2, 0.25) is 0 Å². The third kappa shape index (κ3) is 2.40. The van der Waals surface area contributed by atoms with Gasteiger partial charge in [-0.1, -0.05) is 13.0 Å². The highest BCUT2D eigenvalue weighted by atomic mass is 35.5. The highest BCUT2D eigenvalue weighted by Crippen LogP contribution is 2.47. The van der Waals surface area contributed by atoms with Crippen LogP contribution in [0.25, 0.3) is 0 Å². The molecule has 2 heterocycles. The molecule has 2 atom stereocenters. The minimum atomic E-state index is 0. The van der Waals surface area contributed by atoms with Gasteiger partial charge in [0, 0.05) is 11.6 Å². The van der Waals surface area contributed by atoms with E-state index in [4.69, 9.17) is 9.47 Å². The number of rotatable bonds is 2. The van der Waals surface area contributed by atoms with Crippen LogP contribution in [0, 0.1) is 0 Å². The van der Waals surface area contributed by atoms with Crippen molar-refractivity contribution in [3.05, 3.63) is 23.3 Å². The minimum Gasteiger partial charge on any atom is -0.454 e. The summed E-state index contributed by atoms with van der Waals surface area (Å²) in [5, 5.41) is 0. The van der Waals surface area contributed by atoms with Crippen LogP contribution in [-0.4, -0.2) is 30.8 Å². The van der Waals surface area contributed by atoms with Crippen molar-refractivity contribution in [2.45, 2.75) is 51.0 Å². The molecule has 0 amide bonds. The van der Waals surface area contributed by atoms with Crippen LogP contribution in [-0.2, 0) is 6.42 Å². The maximum Gasteiger partial charge on any atom is 0.231 e. The van der Waals surface area contributed by atoms with Crippen molar-refractivity contribution in [1.29, 1.82) is 0 Å². The second-order valence-electron chi connectivity index (χ2n) is 6.26. The zero-order valence-electron chi connectivity index (χ0n) is 12.6. The maximum absolute atomic E-state index is 5.72. The Morgan fingerprint density at radius 3 is 3.00 bits per heavy atom. The maximum atomic E-state index is 5.72. The Bertz CT molecular complexity index is 518. The molecule has 1 aromatic carbocycles. The molecule has 21 heavy (non-hydrogen) atoms. The summed E-state index contributed by atoms with van der Waals surface area (Å²) in [6.45, 7) is 5.22. The molecule has 4 rings (SSSR count). The summed E-state index contributed by atoms with van der Waals surface area (Å²) in [6.07, 6.45) is 6.34. The first-order valence-corrected chi connectivity index (χ1v) is 8.04. The van der Waals surface area contributed by atoms with Gasteiger partial charge in [-0.05, 0) is 62.7 Å². The smallest absolute Gasteiger partial charge is 0.231 e. The Kier molecular flexibility index (Phi) is 4.32. The average Bonchev–Trinajstić information content (AvgIpc) is 2.96. The molecular formula is C17H24ClNO2. The van der Waals surface area contributed by atoms with Gasteiger partial charge in [0.2, 0.25) is 6.79 Å². The molecule has 0 spiro atoms. The van der Waals surface area contributed by atoms with Crippen molar-refractivity contribution in [3.8, 4) is 11.5 Å². The van der Waals surface area contributed by atoms with Gasteiger partial charge in [-0.3, -0.25) is 4.90 Å². The summed E-state index contributed by atoms with van der Waals surface area (Å²) in [6, 6.07) is 5.16. The highest BCUT2D eigenvalue weighted by Gasteiger charge is 2.38. The summed E-state index contributed by atoms with van der Waals surface area (Å²) in [5.41, 5.74) is 2.96. The van der Waals surface area contributed by atoms with Gasteiger partial charge >= 0.3 is 0 Å². The SMILES string of the molecule is CCCN1CCC[C@H]2c3ccc4c(c3CC[C@@H]21)OCO4.Cl. The quantitative estimate of drug-likeness (QED) is 0.830. The van der Waals surface area contributed by atoms with Crippen molar-refractivity contribution in [2.24, 2.45) is 0 Å². The predicted octanol–water partition coefficient (Wildman–Crippen LogP) is 3.74. The van der Waals surface area contributed by atoms with E-state index in [1.165, 1.54) is 49.9 Å². The van der Waals surface area contributed by atoms with E-state index < -0.39 is 0 Å². The number of hydrogen-bond acceptors (Lipinski definition) is 3. The number of hydrogen-bond donors (Lipinski definition) is 0. The number of ether oxygens (including phenoxy) is 2. The largest absolute Gasteiger partial charge is 0.454 e. The lowest BCUT2D eigenvalue weighted by atomic mass is 9.74. The highest BCUT2D eigenvalue weighted by molar-refractivity contribution is 5.85. The number of likely N-dealkylation sites (tertiary alicyclic amines) is 1. The van der Waals surface area contributed by atoms with Crippen LogP contribution in [0.1, 0.15) is 49.7 Å². The molecule has 0 saturated carbocycles. The first kappa shape index (κ1) is 15.0. The Morgan fingerprint density at radius 1 is 1.24 bits per heavy atom. The van der Waals surface area contributed by atoms with Crippen LogP contribution >= 0.6 is 12.4 Å². The molecule has 0 radical (unpaired) electrons. The first-order chi connectivity index (χ1) is 9.88. The third-order valence-corrected chi connectivity index (χ3v) is 5.17. The van der Waals surface area contributed by atoms with Gasteiger partial charge in [0.15, 0.2) is 11.5 Å². The van der Waals surface area contributed by atoms with E-state index in [0.29, 0.717) is 12.7 Å². The van der Waals surface area contributed by atoms with E-state index in [-0.39, 0.29) is 12.4 Å². The van der Waals surface area contributed by atoms with Crippen molar-refractivity contribution >= 4 is 12.4 Å². The average molecular weight is 310 g/mol. The first-order valence-electron chi connectivity index (χ1n) is 8.04. The monoisotopic (exact) mass is 309 g/mol. The normalized spacial score (nSPS) is 26.7. The van der Waals surface area contributed by atoms with E-state index in [1.807, 2.05) is 0 Å². The fraction of sp³-hybridized carbons (Fsp3) is 0.647. The van der Waals surface area contributed by atoms with Gasteiger partial charge in [0.05, 0.1) is 0 Å². The molecule has 0 aromatic heterocycles. The summed E-state index contributed by atoms with van der Waals surface area (Å²) in [5.74, 6) is 2.69. The molecule has 4 heteroatoms. The van der Waals surface area contributed by atoms with Gasteiger partial charge in [-0.25, -0.2) is 0 Å². The van der Waals surface area contributed by atoms with Crippen LogP contribution in [0.15, 0.2) is 12.1 Å². The number of fused-ring (bicyclic) bond motifs is 5. The van der Waals surface area contributed by atoms with E-state index >= 15 is 0 Å². The molecule has 116 valence electrons. The van der Waals surface area contributed by atoms with Crippen molar-refractivity contribution in [3.63, 3.8) is 0 Å². The standard InChI is InChI=1S/C17H23NO2.ClH/c1-2-9-18-10-3-4-13-12-6-8-16-17(20-11-19-16)14(12)5-7-15(13)18;/h6,8,13,15H,2-5,7,9-11H2,1H3;1H/t13-,15-;/m0./s1. The zero-order valence-corrected chi connectivity index (χ0v) is 13.5. The van der Waals surface area contributed by atoms with E-state index in [0.717, 1.165) is 24.0 Å². The molecule has 1 saturated heterocycles. The molecule has 0 N–H and O–H groups in total. The lowest BCUT2D eigenvalue weighted by molar-refractivity contribution is 0.112. The molecule has 0 unspecified atom stereocenters. The fourth-order valence-corrected chi connectivity index (χ4v) is 4.38. The molecule has 0 bridgehead atoms. The van der Waals surface area contributed by atoms with E-state index in [9.17, 15) is 0 Å². The number of piperidine rings is 1. The number of nitrogens with zero attached hydrogens (tertiary/aromatic N) is 1. The van der Waals surface area contributed by atoms with Gasteiger partial charge < -0.3 is 9.47 Å². The molecular weight excluding hydrogens is 286 g/mol. The summed E-state index contributed by atoms with van der Waals surface area (Å²) in [7, 11) is 0. The van der Waals surface area contributed by atoms with Crippen LogP contribution < -0.4 is 9.47 Å². The topological polar surface area (TPSA) is 21.7 Å². The molecule has 1 fully saturated rings. The number of benzene rings is 1. The summed E-state index contributed by atoms with van der Waals surface area (Å²) in [4.78, 5) is 2.72. The fourth-order valence-electron chi connectivity index (χ4n) is 4.38. The second-order valence-corrected chi connectivity index (χ2v) is 6.26. The van der Waals surface area contributed by atoms with E-state index in [1.54, 1.807) is 0 Å². The van der Waals surface area contributed by atoms with Gasteiger partial charge in [0.1, 0.15) is 0 Å². The Labute approximate surface area is 133 Å². The summed E-state index contributed by atoms with van der Waals surface area (Å²) >= 11 is 0. The predicted molar refractivity (Wildman–Crippen MR) is 85.8 cm³/mol.